The number of rotatable bonds is 8. The van der Waals surface area contributed by atoms with E-state index in [9.17, 15) is 4.79 Å². The summed E-state index contributed by atoms with van der Waals surface area (Å²) in [5, 5.41) is 4.86. The van der Waals surface area contributed by atoms with Gasteiger partial charge in [-0.3, -0.25) is 4.79 Å². The van der Waals surface area contributed by atoms with Gasteiger partial charge in [-0.1, -0.05) is 45.0 Å². The maximum atomic E-state index is 12.3. The third-order valence-corrected chi connectivity index (χ3v) is 5.01. The highest BCUT2D eigenvalue weighted by atomic mass is 32.1. The van der Waals surface area contributed by atoms with Crippen LogP contribution in [0.25, 0.3) is 0 Å². The van der Waals surface area contributed by atoms with Crippen LogP contribution in [0.5, 0.6) is 5.75 Å². The second-order valence-electron chi connectivity index (χ2n) is 7.76. The first kappa shape index (κ1) is 20.5. The lowest BCUT2D eigenvalue weighted by Gasteiger charge is -2.19. The zero-order chi connectivity index (χ0) is 19.2. The molecule has 1 aromatic heterocycles. The van der Waals surface area contributed by atoms with Gasteiger partial charge in [0.25, 0.3) is 5.91 Å². The van der Waals surface area contributed by atoms with Crippen molar-refractivity contribution in [3.05, 3.63) is 51.7 Å². The highest BCUT2D eigenvalue weighted by Crippen LogP contribution is 2.26. The first-order valence-electron chi connectivity index (χ1n) is 9.00. The van der Waals surface area contributed by atoms with Gasteiger partial charge in [0.2, 0.25) is 0 Å². The molecule has 5 heteroatoms. The zero-order valence-corrected chi connectivity index (χ0v) is 17.3. The van der Waals surface area contributed by atoms with Crippen LogP contribution in [0.1, 0.15) is 48.0 Å². The molecule has 1 heterocycles. The maximum Gasteiger partial charge on any atom is 0.265 e. The Labute approximate surface area is 161 Å². The van der Waals surface area contributed by atoms with Crippen molar-refractivity contribution in [2.45, 2.75) is 39.2 Å². The molecule has 0 bridgehead atoms. The number of carbonyl (C=O) groups excluding carboxylic acids is 1. The molecule has 2 aromatic rings. The van der Waals surface area contributed by atoms with Crippen molar-refractivity contribution in [3.63, 3.8) is 0 Å². The predicted octanol–water partition coefficient (Wildman–Crippen LogP) is 4.31. The Kier molecular flexibility index (Phi) is 7.23. The lowest BCUT2D eigenvalue weighted by atomic mass is 9.87. The highest BCUT2D eigenvalue weighted by Gasteiger charge is 2.15. The Bertz CT molecular complexity index is 700. The number of hydrogen-bond acceptors (Lipinski definition) is 4. The molecular weight excluding hydrogens is 344 g/mol. The first-order valence-corrected chi connectivity index (χ1v) is 9.88. The molecule has 142 valence electrons. The molecule has 4 nitrogen and oxygen atoms in total. The van der Waals surface area contributed by atoms with Gasteiger partial charge < -0.3 is 15.0 Å². The van der Waals surface area contributed by atoms with E-state index in [0.717, 1.165) is 18.5 Å². The van der Waals surface area contributed by atoms with Gasteiger partial charge in [-0.2, -0.15) is 0 Å². The fourth-order valence-electron chi connectivity index (χ4n) is 2.52. The minimum absolute atomic E-state index is 0.0585. The molecule has 0 spiro atoms. The zero-order valence-electron chi connectivity index (χ0n) is 16.5. The molecule has 0 radical (unpaired) electrons. The standard InChI is InChI=1S/C21H30N2O2S/c1-21(2,3)17-9-7-16(8-10-17)15-25-18-11-14-26-19(18)20(24)22-12-6-13-23(4)5/h7-11,14H,6,12-13,15H2,1-5H3,(H,22,24). The molecule has 0 fully saturated rings. The van der Waals surface area contributed by atoms with E-state index in [4.69, 9.17) is 4.74 Å². The van der Waals surface area contributed by atoms with E-state index in [1.807, 2.05) is 25.5 Å². The summed E-state index contributed by atoms with van der Waals surface area (Å²) in [4.78, 5) is 15.1. The summed E-state index contributed by atoms with van der Waals surface area (Å²) >= 11 is 1.42. The van der Waals surface area contributed by atoms with Crippen molar-refractivity contribution in [3.8, 4) is 5.75 Å². The van der Waals surface area contributed by atoms with E-state index in [-0.39, 0.29) is 11.3 Å². The number of carbonyl (C=O) groups is 1. The molecule has 0 aliphatic carbocycles. The lowest BCUT2D eigenvalue weighted by molar-refractivity contribution is 0.0952. The van der Waals surface area contributed by atoms with Gasteiger partial charge in [0, 0.05) is 6.54 Å². The van der Waals surface area contributed by atoms with Crippen molar-refractivity contribution >= 4 is 17.2 Å². The normalized spacial score (nSPS) is 11.6. The number of nitrogens with zero attached hydrogens (tertiary/aromatic N) is 1. The largest absolute Gasteiger partial charge is 0.487 e. The smallest absolute Gasteiger partial charge is 0.265 e. The van der Waals surface area contributed by atoms with Gasteiger partial charge in [0.1, 0.15) is 17.2 Å². The number of hydrogen-bond donors (Lipinski definition) is 1. The van der Waals surface area contributed by atoms with Crippen molar-refractivity contribution in [2.75, 3.05) is 27.2 Å². The molecule has 0 unspecified atom stereocenters. The van der Waals surface area contributed by atoms with Crippen LogP contribution in [0.15, 0.2) is 35.7 Å². The molecule has 26 heavy (non-hydrogen) atoms. The maximum absolute atomic E-state index is 12.3. The van der Waals surface area contributed by atoms with E-state index in [0.29, 0.717) is 23.8 Å². The Hall–Kier alpha value is -1.85. The summed E-state index contributed by atoms with van der Waals surface area (Å²) < 4.78 is 5.90. The Balaban J connectivity index is 1.89. The number of nitrogens with one attached hydrogen (secondary N) is 1. The summed E-state index contributed by atoms with van der Waals surface area (Å²) in [7, 11) is 4.06. The average Bonchev–Trinajstić information content (AvgIpc) is 3.05. The predicted molar refractivity (Wildman–Crippen MR) is 109 cm³/mol. The molecule has 1 N–H and O–H groups in total. The van der Waals surface area contributed by atoms with Crippen LogP contribution in [-0.2, 0) is 12.0 Å². The fourth-order valence-corrected chi connectivity index (χ4v) is 3.27. The van der Waals surface area contributed by atoms with E-state index in [1.165, 1.54) is 16.9 Å². The van der Waals surface area contributed by atoms with Crippen LogP contribution in [0.2, 0.25) is 0 Å². The topological polar surface area (TPSA) is 41.6 Å². The van der Waals surface area contributed by atoms with Crippen LogP contribution in [0.3, 0.4) is 0 Å². The van der Waals surface area contributed by atoms with Crippen LogP contribution in [-0.4, -0.2) is 38.0 Å². The minimum atomic E-state index is -0.0585. The quantitative estimate of drug-likeness (QED) is 0.700. The van der Waals surface area contributed by atoms with Crippen LogP contribution >= 0.6 is 11.3 Å². The van der Waals surface area contributed by atoms with E-state index >= 15 is 0 Å². The molecule has 0 aliphatic heterocycles. The van der Waals surface area contributed by atoms with Crippen molar-refractivity contribution in [2.24, 2.45) is 0 Å². The van der Waals surface area contributed by atoms with E-state index in [2.05, 4.69) is 55.3 Å². The monoisotopic (exact) mass is 374 g/mol. The van der Waals surface area contributed by atoms with Gasteiger partial charge >= 0.3 is 0 Å². The average molecular weight is 375 g/mol. The van der Waals surface area contributed by atoms with Gasteiger partial charge in [-0.05, 0) is 55.0 Å². The molecule has 0 saturated heterocycles. The summed E-state index contributed by atoms with van der Waals surface area (Å²) in [6.07, 6.45) is 0.931. The fraction of sp³-hybridized carbons (Fsp3) is 0.476. The summed E-state index contributed by atoms with van der Waals surface area (Å²) in [5.41, 5.74) is 2.54. The molecule has 0 atom stereocenters. The minimum Gasteiger partial charge on any atom is -0.487 e. The first-order chi connectivity index (χ1) is 12.3. The highest BCUT2D eigenvalue weighted by molar-refractivity contribution is 7.12. The van der Waals surface area contributed by atoms with Gasteiger partial charge in [0.15, 0.2) is 0 Å². The lowest BCUT2D eigenvalue weighted by Crippen LogP contribution is -2.26. The number of benzene rings is 1. The Morgan fingerprint density at radius 1 is 1.15 bits per heavy atom. The van der Waals surface area contributed by atoms with Crippen molar-refractivity contribution in [1.82, 2.24) is 10.2 Å². The molecular formula is C21H30N2O2S. The molecule has 1 aromatic carbocycles. The molecule has 0 aliphatic rings. The van der Waals surface area contributed by atoms with Gasteiger partial charge in [0.05, 0.1) is 0 Å². The van der Waals surface area contributed by atoms with E-state index in [1.54, 1.807) is 0 Å². The summed E-state index contributed by atoms with van der Waals surface area (Å²) in [5.74, 6) is 0.594. The number of ether oxygens (including phenoxy) is 1. The van der Waals surface area contributed by atoms with E-state index < -0.39 is 0 Å². The molecule has 0 saturated carbocycles. The second-order valence-corrected chi connectivity index (χ2v) is 8.68. The molecule has 1 amide bonds. The van der Waals surface area contributed by atoms with Crippen LogP contribution in [0, 0.1) is 0 Å². The molecule has 2 rings (SSSR count). The Morgan fingerprint density at radius 3 is 2.46 bits per heavy atom. The van der Waals surface area contributed by atoms with Crippen molar-refractivity contribution in [1.29, 1.82) is 0 Å². The third kappa shape index (κ3) is 6.15. The summed E-state index contributed by atoms with van der Waals surface area (Å²) in [6.45, 7) is 8.69. The van der Waals surface area contributed by atoms with Gasteiger partial charge in [-0.25, -0.2) is 0 Å². The SMILES string of the molecule is CN(C)CCCNC(=O)c1sccc1OCc1ccc(C(C)(C)C)cc1. The second kappa shape index (κ2) is 9.19. The van der Waals surface area contributed by atoms with Crippen LogP contribution < -0.4 is 10.1 Å². The van der Waals surface area contributed by atoms with Crippen LogP contribution in [0.4, 0.5) is 0 Å². The third-order valence-electron chi connectivity index (χ3n) is 4.12. The number of amides is 1. The van der Waals surface area contributed by atoms with Gasteiger partial charge in [-0.15, -0.1) is 11.3 Å². The number of thiophene rings is 1. The Morgan fingerprint density at radius 2 is 1.85 bits per heavy atom. The summed E-state index contributed by atoms with van der Waals surface area (Å²) in [6, 6.07) is 10.3. The van der Waals surface area contributed by atoms with Crippen molar-refractivity contribution < 1.29 is 9.53 Å².